The first kappa shape index (κ1) is 14.7. The van der Waals surface area contributed by atoms with Gasteiger partial charge >= 0.3 is 0 Å². The van der Waals surface area contributed by atoms with Crippen molar-refractivity contribution in [2.24, 2.45) is 0 Å². The number of nitro benzene ring substituents is 1. The van der Waals surface area contributed by atoms with Crippen molar-refractivity contribution < 1.29 is 17.7 Å². The molecule has 0 radical (unpaired) electrons. The number of nitro groups is 1. The lowest BCUT2D eigenvalue weighted by Crippen LogP contribution is -2.21. The van der Waals surface area contributed by atoms with E-state index in [-0.39, 0.29) is 0 Å². The zero-order valence-corrected chi connectivity index (χ0v) is 11.1. The summed E-state index contributed by atoms with van der Waals surface area (Å²) in [5.41, 5.74) is -1.98. The minimum absolute atomic E-state index is 0.440. The number of hydrogen-bond acceptors (Lipinski definition) is 5. The molecule has 1 aromatic carbocycles. The largest absolute Gasteiger partial charge is 0.366 e. The van der Waals surface area contributed by atoms with Crippen LogP contribution >= 0.6 is 0 Å². The first-order valence-corrected chi connectivity index (χ1v) is 6.93. The van der Waals surface area contributed by atoms with Crippen molar-refractivity contribution in [3.63, 3.8) is 0 Å². The monoisotopic (exact) mass is 313 g/mol. The minimum atomic E-state index is -4.33. The molecule has 0 saturated carbocycles. The number of anilines is 1. The Morgan fingerprint density at radius 3 is 2.62 bits per heavy atom. The van der Waals surface area contributed by atoms with Crippen molar-refractivity contribution in [3.8, 4) is 0 Å². The number of nitrogens with one attached hydrogen (secondary N) is 2. The SMILES string of the molecule is O=c1cc[nH]cc1S(=O)(=O)Nc1ccc(F)cc1[N+](=O)[O-]. The topological polar surface area (TPSA) is 122 Å². The third-order valence-corrected chi connectivity index (χ3v) is 3.87. The molecule has 0 saturated heterocycles. The number of aromatic amines is 1. The number of benzene rings is 1. The maximum Gasteiger partial charge on any atom is 0.296 e. The summed E-state index contributed by atoms with van der Waals surface area (Å²) in [6, 6.07) is 3.34. The van der Waals surface area contributed by atoms with Crippen LogP contribution in [0.1, 0.15) is 0 Å². The lowest BCUT2D eigenvalue weighted by molar-refractivity contribution is -0.384. The predicted molar refractivity (Wildman–Crippen MR) is 70.9 cm³/mol. The van der Waals surface area contributed by atoms with Gasteiger partial charge in [0.15, 0.2) is 4.90 Å². The van der Waals surface area contributed by atoms with E-state index < -0.39 is 42.5 Å². The fourth-order valence-corrected chi connectivity index (χ4v) is 2.68. The van der Waals surface area contributed by atoms with E-state index in [2.05, 4.69) is 4.98 Å². The summed E-state index contributed by atoms with van der Waals surface area (Å²) in [6.07, 6.45) is 2.18. The van der Waals surface area contributed by atoms with Gasteiger partial charge in [-0.2, -0.15) is 0 Å². The average Bonchev–Trinajstić information content (AvgIpc) is 2.40. The molecule has 8 nitrogen and oxygen atoms in total. The van der Waals surface area contributed by atoms with Gasteiger partial charge in [0.05, 0.1) is 11.0 Å². The molecule has 10 heteroatoms. The molecule has 0 aliphatic rings. The third kappa shape index (κ3) is 3.05. The Labute approximate surface area is 117 Å². The number of rotatable bonds is 4. The average molecular weight is 313 g/mol. The van der Waals surface area contributed by atoms with Gasteiger partial charge in [0, 0.05) is 18.5 Å². The molecule has 110 valence electrons. The van der Waals surface area contributed by atoms with E-state index in [1.54, 1.807) is 0 Å². The van der Waals surface area contributed by atoms with Crippen molar-refractivity contribution in [1.82, 2.24) is 4.98 Å². The third-order valence-electron chi connectivity index (χ3n) is 2.48. The van der Waals surface area contributed by atoms with Crippen LogP contribution in [0.2, 0.25) is 0 Å². The van der Waals surface area contributed by atoms with E-state index in [1.807, 2.05) is 4.72 Å². The number of aromatic nitrogens is 1. The van der Waals surface area contributed by atoms with E-state index in [4.69, 9.17) is 0 Å². The summed E-state index contributed by atoms with van der Waals surface area (Å²) in [6.45, 7) is 0. The smallest absolute Gasteiger partial charge is 0.296 e. The maximum absolute atomic E-state index is 13.0. The van der Waals surface area contributed by atoms with Crippen molar-refractivity contribution in [2.45, 2.75) is 4.90 Å². The van der Waals surface area contributed by atoms with Gasteiger partial charge in [-0.25, -0.2) is 12.8 Å². The predicted octanol–water partition coefficient (Wildman–Crippen LogP) is 1.22. The van der Waals surface area contributed by atoms with Crippen LogP contribution in [0.25, 0.3) is 0 Å². The Bertz CT molecular complexity index is 862. The molecule has 21 heavy (non-hydrogen) atoms. The van der Waals surface area contributed by atoms with Crippen molar-refractivity contribution in [2.75, 3.05) is 4.72 Å². The van der Waals surface area contributed by atoms with E-state index >= 15 is 0 Å². The van der Waals surface area contributed by atoms with Crippen LogP contribution in [0, 0.1) is 15.9 Å². The maximum atomic E-state index is 13.0. The van der Waals surface area contributed by atoms with Gasteiger partial charge in [-0.3, -0.25) is 19.6 Å². The highest BCUT2D eigenvalue weighted by atomic mass is 32.2. The van der Waals surface area contributed by atoms with Crippen LogP contribution in [0.5, 0.6) is 0 Å². The molecule has 0 unspecified atom stereocenters. The molecular formula is C11H8FN3O5S. The fraction of sp³-hybridized carbons (Fsp3) is 0. The van der Waals surface area contributed by atoms with E-state index in [0.717, 1.165) is 24.4 Å². The molecular weight excluding hydrogens is 305 g/mol. The van der Waals surface area contributed by atoms with Crippen molar-refractivity contribution in [1.29, 1.82) is 0 Å². The molecule has 0 aliphatic heterocycles. The van der Waals surface area contributed by atoms with Crippen LogP contribution in [-0.4, -0.2) is 18.3 Å². The molecule has 0 atom stereocenters. The Balaban J connectivity index is 2.50. The van der Waals surface area contributed by atoms with E-state index in [1.165, 1.54) is 6.20 Å². The van der Waals surface area contributed by atoms with Gasteiger partial charge in [-0.15, -0.1) is 0 Å². The number of halogens is 1. The first-order chi connectivity index (χ1) is 9.81. The summed E-state index contributed by atoms with van der Waals surface area (Å²) >= 11 is 0. The summed E-state index contributed by atoms with van der Waals surface area (Å²) in [7, 11) is -4.33. The van der Waals surface area contributed by atoms with Crippen molar-refractivity contribution >= 4 is 21.4 Å². The van der Waals surface area contributed by atoms with Crippen LogP contribution in [0.3, 0.4) is 0 Å². The molecule has 0 bridgehead atoms. The summed E-state index contributed by atoms with van der Waals surface area (Å²) in [5, 5.41) is 10.8. The molecule has 0 amide bonds. The summed E-state index contributed by atoms with van der Waals surface area (Å²) in [5.74, 6) is -0.887. The highest BCUT2D eigenvalue weighted by Gasteiger charge is 2.23. The second-order valence-electron chi connectivity index (χ2n) is 3.90. The molecule has 2 N–H and O–H groups in total. The number of sulfonamides is 1. The zero-order chi connectivity index (χ0) is 15.6. The van der Waals surface area contributed by atoms with Gasteiger partial charge in [0.2, 0.25) is 5.43 Å². The quantitative estimate of drug-likeness (QED) is 0.649. The molecule has 1 aromatic heterocycles. The normalized spacial score (nSPS) is 11.1. The van der Waals surface area contributed by atoms with Gasteiger partial charge in [-0.1, -0.05) is 0 Å². The van der Waals surface area contributed by atoms with Crippen LogP contribution in [0.15, 0.2) is 46.3 Å². The second kappa shape index (κ2) is 5.32. The van der Waals surface area contributed by atoms with Gasteiger partial charge in [0.1, 0.15) is 11.5 Å². The second-order valence-corrected chi connectivity index (χ2v) is 5.55. The fourth-order valence-electron chi connectivity index (χ4n) is 1.55. The van der Waals surface area contributed by atoms with Gasteiger partial charge in [-0.05, 0) is 12.1 Å². The molecule has 0 spiro atoms. The highest BCUT2D eigenvalue weighted by molar-refractivity contribution is 7.92. The lowest BCUT2D eigenvalue weighted by Gasteiger charge is -2.07. The Hall–Kier alpha value is -2.75. The lowest BCUT2D eigenvalue weighted by atomic mass is 10.3. The molecule has 1 heterocycles. The van der Waals surface area contributed by atoms with Crippen LogP contribution < -0.4 is 10.2 Å². The number of pyridine rings is 1. The molecule has 2 rings (SSSR count). The number of H-pyrrole nitrogens is 1. The first-order valence-electron chi connectivity index (χ1n) is 5.45. The standard InChI is InChI=1S/C11H8FN3O5S/c12-7-1-2-8(9(5-7)15(17)18)14-21(19,20)11-6-13-4-3-10(11)16/h1-6,14H,(H,13,16). The summed E-state index contributed by atoms with van der Waals surface area (Å²) in [4.78, 5) is 23.2. The minimum Gasteiger partial charge on any atom is -0.366 e. The van der Waals surface area contributed by atoms with E-state index in [9.17, 15) is 27.7 Å². The molecule has 0 aliphatic carbocycles. The number of hydrogen-bond donors (Lipinski definition) is 2. The Kier molecular flexibility index (Phi) is 3.72. The Morgan fingerprint density at radius 1 is 1.29 bits per heavy atom. The van der Waals surface area contributed by atoms with Gasteiger partial charge in [0.25, 0.3) is 15.7 Å². The number of nitrogens with zero attached hydrogens (tertiary/aromatic N) is 1. The molecule has 0 fully saturated rings. The summed E-state index contributed by atoms with van der Waals surface area (Å²) < 4.78 is 39.0. The molecule has 2 aromatic rings. The van der Waals surface area contributed by atoms with Crippen molar-refractivity contribution in [3.05, 3.63) is 62.8 Å². The van der Waals surface area contributed by atoms with E-state index in [0.29, 0.717) is 6.07 Å². The highest BCUT2D eigenvalue weighted by Crippen LogP contribution is 2.26. The van der Waals surface area contributed by atoms with Crippen LogP contribution in [-0.2, 0) is 10.0 Å². The Morgan fingerprint density at radius 2 is 2.00 bits per heavy atom. The van der Waals surface area contributed by atoms with Crippen LogP contribution in [0.4, 0.5) is 15.8 Å². The zero-order valence-electron chi connectivity index (χ0n) is 10.2. The van der Waals surface area contributed by atoms with Gasteiger partial charge < -0.3 is 4.98 Å².